The molecule has 7 heteroatoms. The molecule has 1 aliphatic heterocycles. The maximum atomic E-state index is 12.5. The molecule has 2 heterocycles. The van der Waals surface area contributed by atoms with E-state index in [-0.39, 0.29) is 11.8 Å². The van der Waals surface area contributed by atoms with Crippen LogP contribution in [0.25, 0.3) is 0 Å². The molecule has 1 aliphatic rings. The molecule has 1 N–H and O–H groups in total. The Morgan fingerprint density at radius 3 is 2.62 bits per heavy atom. The fraction of sp³-hybridized carbons (Fsp3) is 0.263. The van der Waals surface area contributed by atoms with E-state index in [4.69, 9.17) is 5.26 Å². The fourth-order valence-electron chi connectivity index (χ4n) is 2.87. The quantitative estimate of drug-likeness (QED) is 0.914. The van der Waals surface area contributed by atoms with Gasteiger partial charge in [-0.25, -0.2) is 0 Å². The molecular weight excluding hydrogens is 330 g/mol. The van der Waals surface area contributed by atoms with E-state index in [1.54, 1.807) is 43.5 Å². The summed E-state index contributed by atoms with van der Waals surface area (Å²) in [5.41, 5.74) is 2.35. The number of anilines is 2. The van der Waals surface area contributed by atoms with Crippen molar-refractivity contribution in [3.05, 3.63) is 53.9 Å². The Kier molecular flexibility index (Phi) is 5.13. The van der Waals surface area contributed by atoms with E-state index >= 15 is 0 Å². The highest BCUT2D eigenvalue weighted by Crippen LogP contribution is 2.18. The molecule has 132 valence electrons. The van der Waals surface area contributed by atoms with Gasteiger partial charge in [0, 0.05) is 45.0 Å². The maximum absolute atomic E-state index is 12.5. The van der Waals surface area contributed by atoms with Crippen LogP contribution in [0.3, 0.4) is 0 Å². The first-order valence-electron chi connectivity index (χ1n) is 8.34. The highest BCUT2D eigenvalue weighted by atomic mass is 16.2. The molecular formula is C19H19N5O2. The summed E-state index contributed by atoms with van der Waals surface area (Å²) in [5.74, 6) is -0.202. The lowest BCUT2D eigenvalue weighted by Gasteiger charge is -2.35. The van der Waals surface area contributed by atoms with Crippen molar-refractivity contribution in [3.63, 3.8) is 0 Å². The monoisotopic (exact) mass is 349 g/mol. The van der Waals surface area contributed by atoms with Crippen molar-refractivity contribution in [2.45, 2.75) is 6.92 Å². The Morgan fingerprint density at radius 1 is 1.15 bits per heavy atom. The Labute approximate surface area is 151 Å². The third kappa shape index (κ3) is 3.98. The van der Waals surface area contributed by atoms with Crippen molar-refractivity contribution in [1.82, 2.24) is 9.88 Å². The van der Waals surface area contributed by atoms with Crippen molar-refractivity contribution < 1.29 is 9.59 Å². The summed E-state index contributed by atoms with van der Waals surface area (Å²) < 4.78 is 0. The smallest absolute Gasteiger partial charge is 0.257 e. The summed E-state index contributed by atoms with van der Waals surface area (Å²) in [6.07, 6.45) is 3.23. The summed E-state index contributed by atoms with van der Waals surface area (Å²) in [6, 6.07) is 10.6. The Morgan fingerprint density at radius 2 is 1.92 bits per heavy atom. The van der Waals surface area contributed by atoms with E-state index in [2.05, 4.69) is 15.2 Å². The van der Waals surface area contributed by atoms with E-state index < -0.39 is 0 Å². The molecule has 0 spiro atoms. The van der Waals surface area contributed by atoms with Crippen LogP contribution in [-0.2, 0) is 4.79 Å². The predicted octanol–water partition coefficient (Wildman–Crippen LogP) is 1.87. The molecule has 3 rings (SSSR count). The third-order valence-electron chi connectivity index (χ3n) is 4.33. The van der Waals surface area contributed by atoms with Crippen LogP contribution in [0.5, 0.6) is 0 Å². The number of hydrogen-bond acceptors (Lipinski definition) is 5. The maximum Gasteiger partial charge on any atom is 0.257 e. The van der Waals surface area contributed by atoms with Gasteiger partial charge in [0.15, 0.2) is 0 Å². The summed E-state index contributed by atoms with van der Waals surface area (Å²) in [6.45, 7) is 4.30. The molecule has 0 bridgehead atoms. The number of nitrogens with zero attached hydrogens (tertiary/aromatic N) is 4. The van der Waals surface area contributed by atoms with E-state index in [0.29, 0.717) is 43.0 Å². The summed E-state index contributed by atoms with van der Waals surface area (Å²) >= 11 is 0. The van der Waals surface area contributed by atoms with Crippen LogP contribution in [0, 0.1) is 11.3 Å². The molecule has 7 nitrogen and oxygen atoms in total. The SMILES string of the molecule is CC(=O)N1CCN(c2cncc(C(=O)Nc3cccc(C#N)c3)c2)CC1. The van der Waals surface area contributed by atoms with Crippen molar-refractivity contribution in [2.24, 2.45) is 0 Å². The van der Waals surface area contributed by atoms with Crippen molar-refractivity contribution >= 4 is 23.2 Å². The number of nitriles is 1. The second-order valence-electron chi connectivity index (χ2n) is 6.07. The number of carbonyl (C=O) groups is 2. The lowest BCUT2D eigenvalue weighted by atomic mass is 10.2. The van der Waals surface area contributed by atoms with E-state index in [0.717, 1.165) is 5.69 Å². The van der Waals surface area contributed by atoms with Gasteiger partial charge in [-0.05, 0) is 24.3 Å². The number of amides is 2. The average molecular weight is 349 g/mol. The number of carbonyl (C=O) groups excluding carboxylic acids is 2. The highest BCUT2D eigenvalue weighted by Gasteiger charge is 2.19. The van der Waals surface area contributed by atoms with Crippen LogP contribution in [0.15, 0.2) is 42.7 Å². The van der Waals surface area contributed by atoms with Crippen LogP contribution in [-0.4, -0.2) is 47.9 Å². The molecule has 0 atom stereocenters. The second kappa shape index (κ2) is 7.66. The lowest BCUT2D eigenvalue weighted by Crippen LogP contribution is -2.48. The number of rotatable bonds is 3. The van der Waals surface area contributed by atoms with Crippen molar-refractivity contribution in [3.8, 4) is 6.07 Å². The molecule has 2 amide bonds. The first kappa shape index (κ1) is 17.4. The minimum atomic E-state index is -0.281. The molecule has 0 aliphatic carbocycles. The summed E-state index contributed by atoms with van der Waals surface area (Å²) in [4.78, 5) is 32.0. The molecule has 1 aromatic heterocycles. The molecule has 0 saturated carbocycles. The van der Waals surface area contributed by atoms with Gasteiger partial charge in [0.2, 0.25) is 5.91 Å². The van der Waals surface area contributed by atoms with Gasteiger partial charge in [0.25, 0.3) is 5.91 Å². The van der Waals surface area contributed by atoms with Gasteiger partial charge in [-0.2, -0.15) is 5.26 Å². The standard InChI is InChI=1S/C19H19N5O2/c1-14(25)23-5-7-24(8-6-23)18-10-16(12-21-13-18)19(26)22-17-4-2-3-15(9-17)11-20/h2-4,9-10,12-13H,5-8H2,1H3,(H,22,26). The van der Waals surface area contributed by atoms with E-state index in [9.17, 15) is 9.59 Å². The Balaban J connectivity index is 1.70. The van der Waals surface area contributed by atoms with Gasteiger partial charge in [0.05, 0.1) is 29.1 Å². The third-order valence-corrected chi connectivity index (χ3v) is 4.33. The van der Waals surface area contributed by atoms with Gasteiger partial charge < -0.3 is 15.1 Å². The summed E-state index contributed by atoms with van der Waals surface area (Å²) in [7, 11) is 0. The van der Waals surface area contributed by atoms with Gasteiger partial charge in [-0.1, -0.05) is 6.07 Å². The van der Waals surface area contributed by atoms with Crippen LogP contribution >= 0.6 is 0 Å². The molecule has 2 aromatic rings. The molecule has 0 radical (unpaired) electrons. The van der Waals surface area contributed by atoms with E-state index in [1.165, 1.54) is 6.20 Å². The van der Waals surface area contributed by atoms with Crippen LogP contribution in [0.4, 0.5) is 11.4 Å². The number of hydrogen-bond donors (Lipinski definition) is 1. The van der Waals surface area contributed by atoms with Gasteiger partial charge in [-0.3, -0.25) is 14.6 Å². The first-order valence-corrected chi connectivity index (χ1v) is 8.34. The molecule has 1 saturated heterocycles. The summed E-state index contributed by atoms with van der Waals surface area (Å²) in [5, 5.41) is 11.7. The molecule has 26 heavy (non-hydrogen) atoms. The van der Waals surface area contributed by atoms with Crippen LogP contribution < -0.4 is 10.2 Å². The van der Waals surface area contributed by atoms with Gasteiger partial charge in [0.1, 0.15) is 0 Å². The second-order valence-corrected chi connectivity index (χ2v) is 6.07. The lowest BCUT2D eigenvalue weighted by molar-refractivity contribution is -0.129. The van der Waals surface area contributed by atoms with Crippen molar-refractivity contribution in [2.75, 3.05) is 36.4 Å². The minimum Gasteiger partial charge on any atom is -0.367 e. The normalized spacial score (nSPS) is 13.8. The average Bonchev–Trinajstić information content (AvgIpc) is 2.68. The van der Waals surface area contributed by atoms with Gasteiger partial charge >= 0.3 is 0 Å². The number of aromatic nitrogens is 1. The molecule has 1 aromatic carbocycles. The zero-order valence-corrected chi connectivity index (χ0v) is 14.5. The number of nitrogens with one attached hydrogen (secondary N) is 1. The van der Waals surface area contributed by atoms with E-state index in [1.807, 2.05) is 11.0 Å². The first-order chi connectivity index (χ1) is 12.6. The highest BCUT2D eigenvalue weighted by molar-refractivity contribution is 6.04. The molecule has 1 fully saturated rings. The Bertz CT molecular complexity index is 866. The Hall–Kier alpha value is -3.40. The molecule has 0 unspecified atom stereocenters. The minimum absolute atomic E-state index is 0.0792. The zero-order valence-electron chi connectivity index (χ0n) is 14.5. The van der Waals surface area contributed by atoms with Gasteiger partial charge in [-0.15, -0.1) is 0 Å². The topological polar surface area (TPSA) is 89.3 Å². The number of piperazine rings is 1. The largest absolute Gasteiger partial charge is 0.367 e. The number of pyridine rings is 1. The van der Waals surface area contributed by atoms with Crippen molar-refractivity contribution in [1.29, 1.82) is 5.26 Å². The zero-order chi connectivity index (χ0) is 18.5. The fourth-order valence-corrected chi connectivity index (χ4v) is 2.87. The number of benzene rings is 1. The van der Waals surface area contributed by atoms with Crippen LogP contribution in [0.1, 0.15) is 22.8 Å². The van der Waals surface area contributed by atoms with Crippen LogP contribution in [0.2, 0.25) is 0 Å². The predicted molar refractivity (Wildman–Crippen MR) is 97.8 cm³/mol.